The summed E-state index contributed by atoms with van der Waals surface area (Å²) < 4.78 is 13.7. The molecular formula is C12H13Cl2F. The molecule has 2 rings (SSSR count). The van der Waals surface area contributed by atoms with E-state index < -0.39 is 0 Å². The smallest absolute Gasteiger partial charge is 0.128 e. The first kappa shape index (κ1) is 11.2. The predicted octanol–water partition coefficient (Wildman–Crippen LogP) is 4.74. The summed E-state index contributed by atoms with van der Waals surface area (Å²) in [5, 5.41) is 0.507. The Bertz CT molecular complexity index is 351. The van der Waals surface area contributed by atoms with Gasteiger partial charge in [-0.05, 0) is 30.5 Å². The summed E-state index contributed by atoms with van der Waals surface area (Å²) in [5.41, 5.74) is 0.721. The molecule has 1 aromatic carbocycles. The molecule has 1 fully saturated rings. The first-order valence-electron chi connectivity index (χ1n) is 5.27. The van der Waals surface area contributed by atoms with Crippen molar-refractivity contribution < 1.29 is 4.39 Å². The summed E-state index contributed by atoms with van der Waals surface area (Å²) in [6.07, 6.45) is 4.25. The molecule has 82 valence electrons. The second-order valence-corrected chi connectivity index (χ2v) is 5.07. The van der Waals surface area contributed by atoms with Crippen molar-refractivity contribution in [3.63, 3.8) is 0 Å². The minimum absolute atomic E-state index is 0.0643. The van der Waals surface area contributed by atoms with Crippen LogP contribution in [0.1, 0.15) is 37.2 Å². The summed E-state index contributed by atoms with van der Waals surface area (Å²) in [5.74, 6) is -0.0715. The van der Waals surface area contributed by atoms with Crippen LogP contribution in [0.2, 0.25) is 5.02 Å². The van der Waals surface area contributed by atoms with E-state index >= 15 is 0 Å². The van der Waals surface area contributed by atoms with Crippen LogP contribution in [0.4, 0.5) is 4.39 Å². The Kier molecular flexibility index (Phi) is 3.53. The lowest BCUT2D eigenvalue weighted by atomic mass is 9.83. The van der Waals surface area contributed by atoms with Crippen LogP contribution < -0.4 is 0 Å². The van der Waals surface area contributed by atoms with Crippen LogP contribution in [0.5, 0.6) is 0 Å². The third kappa shape index (κ3) is 2.46. The van der Waals surface area contributed by atoms with Crippen molar-refractivity contribution in [1.82, 2.24) is 0 Å². The van der Waals surface area contributed by atoms with Gasteiger partial charge in [0.15, 0.2) is 0 Å². The van der Waals surface area contributed by atoms with E-state index in [-0.39, 0.29) is 17.1 Å². The molecule has 0 aromatic heterocycles. The summed E-state index contributed by atoms with van der Waals surface area (Å²) in [6.45, 7) is 0. The first-order valence-corrected chi connectivity index (χ1v) is 6.09. The standard InChI is InChI=1S/C12H13Cl2F/c13-8-5-6-10(12(15)7-8)9-3-1-2-4-11(9)14/h5-7,9,11H,1-4H2. The molecule has 15 heavy (non-hydrogen) atoms. The van der Waals surface area contributed by atoms with Crippen LogP contribution in [0.3, 0.4) is 0 Å². The Morgan fingerprint density at radius 2 is 1.93 bits per heavy atom. The topological polar surface area (TPSA) is 0 Å². The van der Waals surface area contributed by atoms with E-state index in [9.17, 15) is 4.39 Å². The normalized spacial score (nSPS) is 26.6. The van der Waals surface area contributed by atoms with Crippen LogP contribution >= 0.6 is 23.2 Å². The lowest BCUT2D eigenvalue weighted by Crippen LogP contribution is -2.18. The maximum atomic E-state index is 13.7. The Labute approximate surface area is 99.4 Å². The van der Waals surface area contributed by atoms with Gasteiger partial charge in [0, 0.05) is 16.3 Å². The fourth-order valence-electron chi connectivity index (χ4n) is 2.24. The molecule has 0 aliphatic heterocycles. The monoisotopic (exact) mass is 246 g/mol. The number of hydrogen-bond donors (Lipinski definition) is 0. The molecule has 1 aromatic rings. The van der Waals surface area contributed by atoms with E-state index in [0.29, 0.717) is 5.02 Å². The van der Waals surface area contributed by atoms with E-state index in [1.165, 1.54) is 6.07 Å². The third-order valence-corrected chi connectivity index (χ3v) is 3.80. The Hall–Kier alpha value is -0.270. The molecule has 0 bridgehead atoms. The van der Waals surface area contributed by atoms with Gasteiger partial charge in [-0.2, -0.15) is 0 Å². The minimum Gasteiger partial charge on any atom is -0.207 e. The summed E-state index contributed by atoms with van der Waals surface area (Å²) in [7, 11) is 0. The summed E-state index contributed by atoms with van der Waals surface area (Å²) >= 11 is 11.9. The lowest BCUT2D eigenvalue weighted by Gasteiger charge is -2.27. The van der Waals surface area contributed by atoms with Crippen molar-refractivity contribution in [2.45, 2.75) is 37.0 Å². The molecule has 0 heterocycles. The van der Waals surface area contributed by atoms with E-state index in [4.69, 9.17) is 23.2 Å². The number of benzene rings is 1. The van der Waals surface area contributed by atoms with Gasteiger partial charge in [-0.3, -0.25) is 0 Å². The second kappa shape index (κ2) is 4.71. The van der Waals surface area contributed by atoms with Gasteiger partial charge in [0.2, 0.25) is 0 Å². The van der Waals surface area contributed by atoms with Gasteiger partial charge < -0.3 is 0 Å². The molecule has 0 radical (unpaired) electrons. The highest BCUT2D eigenvalue weighted by molar-refractivity contribution is 6.30. The first-order chi connectivity index (χ1) is 7.18. The van der Waals surface area contributed by atoms with Crippen molar-refractivity contribution in [3.8, 4) is 0 Å². The third-order valence-electron chi connectivity index (χ3n) is 3.04. The van der Waals surface area contributed by atoms with E-state index in [1.807, 2.05) is 0 Å². The molecule has 1 saturated carbocycles. The average molecular weight is 247 g/mol. The van der Waals surface area contributed by atoms with Crippen molar-refractivity contribution in [3.05, 3.63) is 34.6 Å². The number of rotatable bonds is 1. The van der Waals surface area contributed by atoms with Gasteiger partial charge >= 0.3 is 0 Å². The SMILES string of the molecule is Fc1cc(Cl)ccc1C1CCCCC1Cl. The maximum absolute atomic E-state index is 13.7. The van der Waals surface area contributed by atoms with Gasteiger partial charge in [0.1, 0.15) is 5.82 Å². The maximum Gasteiger partial charge on any atom is 0.128 e. The van der Waals surface area contributed by atoms with Gasteiger partial charge in [-0.15, -0.1) is 11.6 Å². The lowest BCUT2D eigenvalue weighted by molar-refractivity contribution is 0.436. The highest BCUT2D eigenvalue weighted by Crippen LogP contribution is 2.37. The molecule has 0 amide bonds. The molecular weight excluding hydrogens is 234 g/mol. The highest BCUT2D eigenvalue weighted by atomic mass is 35.5. The second-order valence-electron chi connectivity index (χ2n) is 4.07. The Morgan fingerprint density at radius 3 is 2.60 bits per heavy atom. The molecule has 1 aliphatic rings. The summed E-state index contributed by atoms with van der Waals surface area (Å²) in [6, 6.07) is 4.87. The number of hydrogen-bond acceptors (Lipinski definition) is 0. The van der Waals surface area contributed by atoms with Crippen LogP contribution in [-0.2, 0) is 0 Å². The summed E-state index contributed by atoms with van der Waals surface area (Å²) in [4.78, 5) is 0. The predicted molar refractivity (Wildman–Crippen MR) is 62.3 cm³/mol. The fourth-order valence-corrected chi connectivity index (χ4v) is 2.81. The molecule has 3 heteroatoms. The molecule has 0 N–H and O–H groups in total. The van der Waals surface area contributed by atoms with E-state index in [0.717, 1.165) is 31.2 Å². The van der Waals surface area contributed by atoms with Crippen molar-refractivity contribution in [2.24, 2.45) is 0 Å². The molecule has 0 nitrogen and oxygen atoms in total. The zero-order valence-electron chi connectivity index (χ0n) is 8.35. The number of halogens is 3. The fraction of sp³-hybridized carbons (Fsp3) is 0.500. The molecule has 2 unspecified atom stereocenters. The molecule has 1 aliphatic carbocycles. The minimum atomic E-state index is -0.222. The average Bonchev–Trinajstić information content (AvgIpc) is 2.20. The van der Waals surface area contributed by atoms with Crippen LogP contribution in [0.25, 0.3) is 0 Å². The van der Waals surface area contributed by atoms with Gasteiger partial charge in [-0.25, -0.2) is 4.39 Å². The van der Waals surface area contributed by atoms with Crippen molar-refractivity contribution in [1.29, 1.82) is 0 Å². The van der Waals surface area contributed by atoms with E-state index in [2.05, 4.69) is 0 Å². The van der Waals surface area contributed by atoms with Gasteiger partial charge in [-0.1, -0.05) is 30.5 Å². The zero-order chi connectivity index (χ0) is 10.8. The largest absolute Gasteiger partial charge is 0.207 e. The zero-order valence-corrected chi connectivity index (χ0v) is 9.86. The molecule has 0 spiro atoms. The quantitative estimate of drug-likeness (QED) is 0.628. The van der Waals surface area contributed by atoms with Gasteiger partial charge in [0.25, 0.3) is 0 Å². The van der Waals surface area contributed by atoms with Gasteiger partial charge in [0.05, 0.1) is 0 Å². The van der Waals surface area contributed by atoms with E-state index in [1.54, 1.807) is 12.1 Å². The van der Waals surface area contributed by atoms with Crippen molar-refractivity contribution in [2.75, 3.05) is 0 Å². The number of alkyl halides is 1. The van der Waals surface area contributed by atoms with Crippen LogP contribution in [0, 0.1) is 5.82 Å². The van der Waals surface area contributed by atoms with Crippen LogP contribution in [-0.4, -0.2) is 5.38 Å². The highest BCUT2D eigenvalue weighted by Gasteiger charge is 2.26. The van der Waals surface area contributed by atoms with Crippen LogP contribution in [0.15, 0.2) is 18.2 Å². The molecule has 2 atom stereocenters. The Morgan fingerprint density at radius 1 is 1.20 bits per heavy atom. The Balaban J connectivity index is 2.27. The molecule has 0 saturated heterocycles. The van der Waals surface area contributed by atoms with Crippen molar-refractivity contribution >= 4 is 23.2 Å².